The second kappa shape index (κ2) is 6.34. The van der Waals surface area contributed by atoms with E-state index >= 15 is 0 Å². The van der Waals surface area contributed by atoms with Gasteiger partial charge in [0.2, 0.25) is 0 Å². The SMILES string of the molecule is O=C1c2ccccc2C2(c3ccc(Cl)cc3)N1CCN2C(=O)c1sccc1Cl. The van der Waals surface area contributed by atoms with Crippen LogP contribution in [0.3, 0.4) is 0 Å². The van der Waals surface area contributed by atoms with E-state index in [-0.39, 0.29) is 11.8 Å². The van der Waals surface area contributed by atoms with E-state index in [0.29, 0.717) is 33.6 Å². The third-order valence-corrected chi connectivity index (χ3v) is 6.99. The lowest BCUT2D eigenvalue weighted by molar-refractivity contribution is 0.0378. The Morgan fingerprint density at radius 3 is 2.46 bits per heavy atom. The lowest BCUT2D eigenvalue weighted by Crippen LogP contribution is -2.51. The van der Waals surface area contributed by atoms with Crippen LogP contribution in [0.2, 0.25) is 10.0 Å². The first-order chi connectivity index (χ1) is 13.5. The molecule has 0 saturated carbocycles. The van der Waals surface area contributed by atoms with E-state index in [1.807, 2.05) is 36.4 Å². The molecule has 0 bridgehead atoms. The molecule has 4 nitrogen and oxygen atoms in total. The average molecular weight is 429 g/mol. The van der Waals surface area contributed by atoms with Crippen LogP contribution in [0.25, 0.3) is 0 Å². The second-order valence-corrected chi connectivity index (χ2v) is 8.50. The molecule has 1 saturated heterocycles. The first kappa shape index (κ1) is 17.7. The highest BCUT2D eigenvalue weighted by molar-refractivity contribution is 7.12. The largest absolute Gasteiger partial charge is 0.306 e. The van der Waals surface area contributed by atoms with Crippen LogP contribution >= 0.6 is 34.5 Å². The van der Waals surface area contributed by atoms with Crippen LogP contribution in [-0.4, -0.2) is 34.7 Å². The van der Waals surface area contributed by atoms with E-state index in [0.717, 1.165) is 11.1 Å². The summed E-state index contributed by atoms with van der Waals surface area (Å²) in [5, 5.41) is 2.82. The highest BCUT2D eigenvalue weighted by atomic mass is 35.5. The monoisotopic (exact) mass is 428 g/mol. The summed E-state index contributed by atoms with van der Waals surface area (Å²) < 4.78 is 0. The van der Waals surface area contributed by atoms with Gasteiger partial charge in [0.15, 0.2) is 5.66 Å². The first-order valence-electron chi connectivity index (χ1n) is 8.77. The number of hydrogen-bond donors (Lipinski definition) is 0. The molecule has 2 aliphatic rings. The standard InChI is InChI=1S/C21H14Cl2N2O2S/c22-14-7-5-13(6-8-14)21-16-4-2-1-3-15(16)19(26)24(21)10-11-25(21)20(27)18-17(23)9-12-28-18/h1-9,12H,10-11H2. The van der Waals surface area contributed by atoms with E-state index in [1.54, 1.807) is 33.4 Å². The van der Waals surface area contributed by atoms with Crippen molar-refractivity contribution in [3.63, 3.8) is 0 Å². The van der Waals surface area contributed by atoms with Gasteiger partial charge in [0.05, 0.1) is 5.02 Å². The molecule has 0 spiro atoms. The fraction of sp³-hybridized carbons (Fsp3) is 0.143. The molecular formula is C21H14Cl2N2O2S. The first-order valence-corrected chi connectivity index (χ1v) is 10.4. The maximum atomic E-state index is 13.5. The molecule has 2 aromatic carbocycles. The van der Waals surface area contributed by atoms with E-state index in [2.05, 4.69) is 0 Å². The van der Waals surface area contributed by atoms with Crippen molar-refractivity contribution in [2.45, 2.75) is 5.66 Å². The number of halogens is 2. The number of benzene rings is 2. The molecule has 3 aromatic rings. The molecule has 1 unspecified atom stereocenters. The van der Waals surface area contributed by atoms with Crippen molar-refractivity contribution >= 4 is 46.4 Å². The van der Waals surface area contributed by atoms with Gasteiger partial charge in [0.1, 0.15) is 4.88 Å². The molecule has 140 valence electrons. The van der Waals surface area contributed by atoms with Crippen molar-refractivity contribution < 1.29 is 9.59 Å². The third kappa shape index (κ3) is 2.24. The van der Waals surface area contributed by atoms with E-state index < -0.39 is 5.66 Å². The van der Waals surface area contributed by atoms with Gasteiger partial charge in [-0.1, -0.05) is 53.5 Å². The van der Waals surface area contributed by atoms with Gasteiger partial charge in [-0.15, -0.1) is 11.3 Å². The maximum Gasteiger partial charge on any atom is 0.267 e. The zero-order valence-corrected chi connectivity index (χ0v) is 16.9. The van der Waals surface area contributed by atoms with Gasteiger partial charge in [-0.25, -0.2) is 0 Å². The molecule has 1 fully saturated rings. The quantitative estimate of drug-likeness (QED) is 0.584. The fourth-order valence-electron chi connectivity index (χ4n) is 4.29. The van der Waals surface area contributed by atoms with Crippen LogP contribution in [0.15, 0.2) is 60.0 Å². The molecule has 2 aliphatic heterocycles. The number of nitrogens with zero attached hydrogens (tertiary/aromatic N) is 2. The number of fused-ring (bicyclic) bond motifs is 3. The summed E-state index contributed by atoms with van der Waals surface area (Å²) in [6.07, 6.45) is 0. The van der Waals surface area contributed by atoms with Crippen molar-refractivity contribution in [2.75, 3.05) is 13.1 Å². The van der Waals surface area contributed by atoms with Crippen LogP contribution in [-0.2, 0) is 5.66 Å². The van der Waals surface area contributed by atoms with Crippen molar-refractivity contribution in [1.82, 2.24) is 9.80 Å². The molecule has 0 aliphatic carbocycles. The normalized spacial score (nSPS) is 20.4. The molecule has 0 N–H and O–H groups in total. The number of carbonyl (C=O) groups excluding carboxylic acids is 2. The Kier molecular flexibility index (Phi) is 4.02. The van der Waals surface area contributed by atoms with Gasteiger partial charge in [-0.05, 0) is 29.6 Å². The van der Waals surface area contributed by atoms with Gasteiger partial charge in [0.25, 0.3) is 11.8 Å². The Hall–Kier alpha value is -2.34. The Bertz CT molecular complexity index is 1110. The second-order valence-electron chi connectivity index (χ2n) is 6.74. The molecule has 28 heavy (non-hydrogen) atoms. The predicted molar refractivity (Wildman–Crippen MR) is 110 cm³/mol. The number of thiophene rings is 1. The van der Waals surface area contributed by atoms with Crippen LogP contribution in [0.1, 0.15) is 31.2 Å². The van der Waals surface area contributed by atoms with Gasteiger partial charge >= 0.3 is 0 Å². The van der Waals surface area contributed by atoms with Crippen molar-refractivity contribution in [2.24, 2.45) is 0 Å². The maximum absolute atomic E-state index is 13.5. The zero-order chi connectivity index (χ0) is 19.5. The molecular weight excluding hydrogens is 415 g/mol. The third-order valence-electron chi connectivity index (χ3n) is 5.41. The summed E-state index contributed by atoms with van der Waals surface area (Å²) in [6.45, 7) is 0.876. The summed E-state index contributed by atoms with van der Waals surface area (Å²) in [6, 6.07) is 16.5. The summed E-state index contributed by atoms with van der Waals surface area (Å²) in [5.74, 6) is -0.250. The Morgan fingerprint density at radius 1 is 1.00 bits per heavy atom. The average Bonchev–Trinajstić information content (AvgIpc) is 3.37. The Morgan fingerprint density at radius 2 is 1.75 bits per heavy atom. The van der Waals surface area contributed by atoms with E-state index in [4.69, 9.17) is 23.2 Å². The molecule has 1 atom stereocenters. The number of carbonyl (C=O) groups is 2. The van der Waals surface area contributed by atoms with Crippen LogP contribution in [0.5, 0.6) is 0 Å². The van der Waals surface area contributed by atoms with Gasteiger partial charge in [-0.2, -0.15) is 0 Å². The van der Waals surface area contributed by atoms with Gasteiger partial charge in [-0.3, -0.25) is 9.59 Å². The van der Waals surface area contributed by atoms with E-state index in [9.17, 15) is 9.59 Å². The lowest BCUT2D eigenvalue weighted by atomic mass is 9.89. The highest BCUT2D eigenvalue weighted by Crippen LogP contribution is 2.50. The smallest absolute Gasteiger partial charge is 0.267 e. The topological polar surface area (TPSA) is 40.6 Å². The summed E-state index contributed by atoms with van der Waals surface area (Å²) in [7, 11) is 0. The molecule has 7 heteroatoms. The Balaban J connectivity index is 1.77. The molecule has 2 amide bonds. The van der Waals surface area contributed by atoms with Crippen molar-refractivity contribution in [1.29, 1.82) is 0 Å². The summed E-state index contributed by atoms with van der Waals surface area (Å²) >= 11 is 13.7. The van der Waals surface area contributed by atoms with Crippen LogP contribution < -0.4 is 0 Å². The number of amides is 2. The molecule has 3 heterocycles. The minimum atomic E-state index is -0.997. The number of hydrogen-bond acceptors (Lipinski definition) is 3. The molecule has 1 aromatic heterocycles. The van der Waals surface area contributed by atoms with Crippen molar-refractivity contribution in [3.8, 4) is 0 Å². The lowest BCUT2D eigenvalue weighted by Gasteiger charge is -2.40. The highest BCUT2D eigenvalue weighted by Gasteiger charge is 2.59. The molecule has 5 rings (SSSR count). The molecule has 0 radical (unpaired) electrons. The van der Waals surface area contributed by atoms with Crippen LogP contribution in [0, 0.1) is 0 Å². The predicted octanol–water partition coefficient (Wildman–Crippen LogP) is 4.87. The zero-order valence-electron chi connectivity index (χ0n) is 14.6. The number of rotatable bonds is 2. The summed E-state index contributed by atoms with van der Waals surface area (Å²) in [5.41, 5.74) is 1.25. The summed E-state index contributed by atoms with van der Waals surface area (Å²) in [4.78, 5) is 30.7. The fourth-order valence-corrected chi connectivity index (χ4v) is 5.50. The minimum Gasteiger partial charge on any atom is -0.306 e. The van der Waals surface area contributed by atoms with Gasteiger partial charge in [0, 0.05) is 34.8 Å². The van der Waals surface area contributed by atoms with Crippen molar-refractivity contribution in [3.05, 3.63) is 91.6 Å². The van der Waals surface area contributed by atoms with Crippen LogP contribution in [0.4, 0.5) is 0 Å². The van der Waals surface area contributed by atoms with E-state index in [1.165, 1.54) is 11.3 Å². The van der Waals surface area contributed by atoms with Gasteiger partial charge < -0.3 is 9.80 Å². The Labute approximate surface area is 175 Å². The minimum absolute atomic E-state index is 0.0712.